The summed E-state index contributed by atoms with van der Waals surface area (Å²) < 4.78 is 2.09. The fraction of sp³-hybridized carbons (Fsp3) is 0.450. The Hall–Kier alpha value is -2.18. The van der Waals surface area contributed by atoms with Gasteiger partial charge in [-0.2, -0.15) is 5.10 Å². The molecule has 5 heterocycles. The number of piperidine rings is 1. The first-order chi connectivity index (χ1) is 13.3. The maximum atomic E-state index is 6.58. The Bertz CT molecular complexity index is 956. The van der Waals surface area contributed by atoms with Crippen molar-refractivity contribution in [2.75, 3.05) is 31.1 Å². The minimum absolute atomic E-state index is 0.444. The summed E-state index contributed by atoms with van der Waals surface area (Å²) in [7, 11) is 0. The van der Waals surface area contributed by atoms with Crippen LogP contribution in [-0.4, -0.2) is 45.9 Å². The van der Waals surface area contributed by atoms with Crippen LogP contribution < -0.4 is 10.2 Å². The van der Waals surface area contributed by atoms with Crippen LogP contribution in [0.4, 0.5) is 5.82 Å². The molecule has 2 fully saturated rings. The zero-order valence-electron chi connectivity index (χ0n) is 15.2. The van der Waals surface area contributed by atoms with Crippen molar-refractivity contribution < 1.29 is 0 Å². The molecule has 1 N–H and O–H groups in total. The van der Waals surface area contributed by atoms with Crippen molar-refractivity contribution >= 4 is 28.5 Å². The van der Waals surface area contributed by atoms with Gasteiger partial charge < -0.3 is 10.2 Å². The van der Waals surface area contributed by atoms with E-state index in [1.54, 1.807) is 6.20 Å². The first-order valence-corrected chi connectivity index (χ1v) is 10.1. The van der Waals surface area contributed by atoms with E-state index in [0.717, 1.165) is 67.0 Å². The predicted molar refractivity (Wildman–Crippen MR) is 108 cm³/mol. The molecule has 140 valence electrons. The van der Waals surface area contributed by atoms with E-state index in [1.807, 2.05) is 12.3 Å². The molecule has 6 nitrogen and oxygen atoms in total. The summed E-state index contributed by atoms with van der Waals surface area (Å²) in [5, 5.41) is 8.66. The highest BCUT2D eigenvalue weighted by atomic mass is 35.5. The van der Waals surface area contributed by atoms with Gasteiger partial charge in [-0.3, -0.25) is 9.67 Å². The quantitative estimate of drug-likeness (QED) is 0.748. The number of aromatic nitrogens is 4. The highest BCUT2D eigenvalue weighted by Gasteiger charge is 2.20. The van der Waals surface area contributed by atoms with E-state index in [0.29, 0.717) is 11.1 Å². The van der Waals surface area contributed by atoms with Crippen LogP contribution in [0, 0.1) is 0 Å². The second-order valence-corrected chi connectivity index (χ2v) is 7.81. The van der Waals surface area contributed by atoms with Gasteiger partial charge in [0.15, 0.2) is 0 Å². The number of hydrogen-bond donors (Lipinski definition) is 1. The molecule has 0 unspecified atom stereocenters. The Kier molecular flexibility index (Phi) is 4.45. The number of hydrogen-bond acceptors (Lipinski definition) is 5. The molecule has 0 atom stereocenters. The molecule has 7 heteroatoms. The Morgan fingerprint density at radius 2 is 1.89 bits per heavy atom. The standard InChI is InChI=1S/C20H23ClN6/c21-16-12-23-17-3-4-18(26-9-1-2-10-26)25-20(17)19(16)14-11-24-27(13-14)15-5-7-22-8-6-15/h3-4,11-13,15,22H,1-2,5-10H2. The number of rotatable bonds is 3. The molecular formula is C20H23ClN6. The highest BCUT2D eigenvalue weighted by Crippen LogP contribution is 2.35. The number of nitrogens with one attached hydrogen (secondary N) is 1. The van der Waals surface area contributed by atoms with E-state index in [4.69, 9.17) is 16.6 Å². The fourth-order valence-electron chi connectivity index (χ4n) is 4.17. The summed E-state index contributed by atoms with van der Waals surface area (Å²) in [4.78, 5) is 11.8. The first kappa shape index (κ1) is 17.0. The molecular weight excluding hydrogens is 360 g/mol. The van der Waals surface area contributed by atoms with E-state index in [-0.39, 0.29) is 0 Å². The van der Waals surface area contributed by atoms with Gasteiger partial charge >= 0.3 is 0 Å². The van der Waals surface area contributed by atoms with Crippen LogP contribution >= 0.6 is 11.6 Å². The third-order valence-electron chi connectivity index (χ3n) is 5.65. The van der Waals surface area contributed by atoms with Crippen LogP contribution in [0.5, 0.6) is 0 Å². The maximum Gasteiger partial charge on any atom is 0.129 e. The molecule has 0 aliphatic carbocycles. The van der Waals surface area contributed by atoms with Crippen LogP contribution in [0.3, 0.4) is 0 Å². The van der Waals surface area contributed by atoms with Crippen LogP contribution in [0.15, 0.2) is 30.7 Å². The monoisotopic (exact) mass is 382 g/mol. The fourth-order valence-corrected chi connectivity index (χ4v) is 4.42. The summed E-state index contributed by atoms with van der Waals surface area (Å²) >= 11 is 6.58. The number of fused-ring (bicyclic) bond motifs is 1. The normalized spacial score (nSPS) is 18.5. The van der Waals surface area contributed by atoms with Gasteiger partial charge in [0.1, 0.15) is 11.3 Å². The molecule has 0 radical (unpaired) electrons. The van der Waals surface area contributed by atoms with Crippen LogP contribution in [-0.2, 0) is 0 Å². The lowest BCUT2D eigenvalue weighted by atomic mass is 10.1. The Morgan fingerprint density at radius 1 is 1.07 bits per heavy atom. The van der Waals surface area contributed by atoms with Crippen molar-refractivity contribution in [1.29, 1.82) is 0 Å². The van der Waals surface area contributed by atoms with Crippen LogP contribution in [0.2, 0.25) is 5.02 Å². The maximum absolute atomic E-state index is 6.58. The van der Waals surface area contributed by atoms with Gasteiger partial charge in [0.05, 0.1) is 22.8 Å². The van der Waals surface area contributed by atoms with Crippen LogP contribution in [0.25, 0.3) is 22.2 Å². The summed E-state index contributed by atoms with van der Waals surface area (Å²) in [5.74, 6) is 1.01. The molecule has 0 amide bonds. The van der Waals surface area contributed by atoms with Gasteiger partial charge in [0.25, 0.3) is 0 Å². The average Bonchev–Trinajstić information content (AvgIpc) is 3.40. The number of nitrogens with zero attached hydrogens (tertiary/aromatic N) is 5. The second-order valence-electron chi connectivity index (χ2n) is 7.40. The molecule has 27 heavy (non-hydrogen) atoms. The molecule has 2 aliphatic heterocycles. The molecule has 0 aromatic carbocycles. The van der Waals surface area contributed by atoms with E-state index in [1.165, 1.54) is 12.8 Å². The molecule has 2 saturated heterocycles. The van der Waals surface area contributed by atoms with Crippen molar-refractivity contribution in [3.05, 3.63) is 35.7 Å². The van der Waals surface area contributed by atoms with E-state index >= 15 is 0 Å². The van der Waals surface area contributed by atoms with E-state index < -0.39 is 0 Å². The molecule has 0 saturated carbocycles. The zero-order chi connectivity index (χ0) is 18.2. The first-order valence-electron chi connectivity index (χ1n) is 9.75. The van der Waals surface area contributed by atoms with Gasteiger partial charge in [-0.1, -0.05) is 11.6 Å². The topological polar surface area (TPSA) is 58.9 Å². The van der Waals surface area contributed by atoms with Gasteiger partial charge in [0.2, 0.25) is 0 Å². The second kappa shape index (κ2) is 7.09. The lowest BCUT2D eigenvalue weighted by Gasteiger charge is -2.22. The Balaban J connectivity index is 1.58. The average molecular weight is 383 g/mol. The summed E-state index contributed by atoms with van der Waals surface area (Å²) in [5.41, 5.74) is 3.67. The highest BCUT2D eigenvalue weighted by molar-refractivity contribution is 6.34. The van der Waals surface area contributed by atoms with Gasteiger partial charge in [-0.25, -0.2) is 4.98 Å². The molecule has 5 rings (SSSR count). The molecule has 3 aromatic heterocycles. The van der Waals surface area contributed by atoms with Crippen molar-refractivity contribution in [1.82, 2.24) is 25.1 Å². The van der Waals surface area contributed by atoms with E-state index in [9.17, 15) is 0 Å². The van der Waals surface area contributed by atoms with Crippen molar-refractivity contribution in [2.45, 2.75) is 31.7 Å². The summed E-state index contributed by atoms with van der Waals surface area (Å²) in [6, 6.07) is 4.56. The minimum atomic E-state index is 0.444. The lowest BCUT2D eigenvalue weighted by molar-refractivity contribution is 0.343. The van der Waals surface area contributed by atoms with Crippen molar-refractivity contribution in [2.24, 2.45) is 0 Å². The zero-order valence-corrected chi connectivity index (χ0v) is 16.0. The number of halogens is 1. The molecule has 2 aliphatic rings. The van der Waals surface area contributed by atoms with Crippen molar-refractivity contribution in [3.8, 4) is 11.1 Å². The van der Waals surface area contributed by atoms with Gasteiger partial charge in [-0.05, 0) is 50.9 Å². The number of anilines is 1. The molecule has 0 spiro atoms. The lowest BCUT2D eigenvalue weighted by Crippen LogP contribution is -2.29. The smallest absolute Gasteiger partial charge is 0.129 e. The Morgan fingerprint density at radius 3 is 2.70 bits per heavy atom. The van der Waals surface area contributed by atoms with E-state index in [2.05, 4.69) is 37.2 Å². The van der Waals surface area contributed by atoms with Crippen molar-refractivity contribution in [3.63, 3.8) is 0 Å². The third kappa shape index (κ3) is 3.17. The number of pyridine rings is 2. The van der Waals surface area contributed by atoms with Gasteiger partial charge in [-0.15, -0.1) is 0 Å². The van der Waals surface area contributed by atoms with Crippen LogP contribution in [0.1, 0.15) is 31.7 Å². The third-order valence-corrected chi connectivity index (χ3v) is 5.94. The Labute approximate surface area is 163 Å². The largest absolute Gasteiger partial charge is 0.357 e. The van der Waals surface area contributed by atoms with Gasteiger partial charge in [0, 0.05) is 36.6 Å². The molecule has 0 bridgehead atoms. The SMILES string of the molecule is Clc1cnc2ccc(N3CCCC3)nc2c1-c1cnn(C2CCNCC2)c1. The minimum Gasteiger partial charge on any atom is -0.357 e. The predicted octanol–water partition coefficient (Wildman–Crippen LogP) is 3.67. The molecule has 3 aromatic rings. The summed E-state index contributed by atoms with van der Waals surface area (Å²) in [6.45, 7) is 4.21. The summed E-state index contributed by atoms with van der Waals surface area (Å²) in [6.07, 6.45) is 10.4.